The molecule has 130 valence electrons. The Kier molecular flexibility index (Phi) is 4.22. The minimum absolute atomic E-state index is 0.0185. The first-order valence-corrected chi connectivity index (χ1v) is 9.30. The van der Waals surface area contributed by atoms with Crippen LogP contribution in [0.5, 0.6) is 0 Å². The molecule has 0 saturated heterocycles. The molecule has 0 saturated carbocycles. The molecular formula is C17H17ClN4O2S. The zero-order valence-corrected chi connectivity index (χ0v) is 15.3. The minimum Gasteiger partial charge on any atom is -0.398 e. The Morgan fingerprint density at radius 3 is 2.28 bits per heavy atom. The lowest BCUT2D eigenvalue weighted by Gasteiger charge is -2.08. The Morgan fingerprint density at radius 2 is 1.68 bits per heavy atom. The summed E-state index contributed by atoms with van der Waals surface area (Å²) in [6.45, 7) is 3.56. The van der Waals surface area contributed by atoms with Gasteiger partial charge in [0.1, 0.15) is 10.7 Å². The average Bonchev–Trinajstić information content (AvgIpc) is 2.86. The number of hydrogen-bond donors (Lipinski definition) is 2. The van der Waals surface area contributed by atoms with E-state index in [1.54, 1.807) is 6.92 Å². The van der Waals surface area contributed by atoms with Crippen LogP contribution in [0.4, 0.5) is 11.5 Å². The topological polar surface area (TPSA) is 104 Å². The Labute approximate surface area is 150 Å². The van der Waals surface area contributed by atoms with Crippen LogP contribution in [0.15, 0.2) is 52.3 Å². The van der Waals surface area contributed by atoms with Crippen LogP contribution in [0.25, 0.3) is 5.69 Å². The van der Waals surface area contributed by atoms with E-state index in [4.69, 9.17) is 23.1 Å². The zero-order valence-electron chi connectivity index (χ0n) is 13.7. The fourth-order valence-electron chi connectivity index (χ4n) is 2.54. The third-order valence-electron chi connectivity index (χ3n) is 3.87. The first kappa shape index (κ1) is 17.3. The highest BCUT2D eigenvalue weighted by Crippen LogP contribution is 2.32. The van der Waals surface area contributed by atoms with E-state index in [0.29, 0.717) is 17.1 Å². The summed E-state index contributed by atoms with van der Waals surface area (Å²) >= 11 is 5.96. The second kappa shape index (κ2) is 6.09. The van der Waals surface area contributed by atoms with Crippen molar-refractivity contribution in [1.29, 1.82) is 0 Å². The molecule has 8 heteroatoms. The summed E-state index contributed by atoms with van der Waals surface area (Å²) in [7, 11) is -3.88. The Morgan fingerprint density at radius 1 is 1.04 bits per heavy atom. The van der Waals surface area contributed by atoms with Crippen LogP contribution in [-0.2, 0) is 9.84 Å². The van der Waals surface area contributed by atoms with Crippen molar-refractivity contribution in [3.8, 4) is 5.69 Å². The number of rotatable bonds is 3. The largest absolute Gasteiger partial charge is 0.398 e. The average molecular weight is 377 g/mol. The van der Waals surface area contributed by atoms with Crippen molar-refractivity contribution in [2.24, 2.45) is 0 Å². The van der Waals surface area contributed by atoms with E-state index < -0.39 is 9.84 Å². The SMILES string of the molecule is Cc1ccc(-n2nc(C)c(S(=O)(=O)c3ccc(N)c(Cl)c3)c2N)cc1. The van der Waals surface area contributed by atoms with Crippen LogP contribution >= 0.6 is 11.6 Å². The van der Waals surface area contributed by atoms with Gasteiger partial charge < -0.3 is 11.5 Å². The normalized spacial score (nSPS) is 11.6. The molecule has 6 nitrogen and oxygen atoms in total. The van der Waals surface area contributed by atoms with Crippen LogP contribution < -0.4 is 11.5 Å². The molecule has 0 atom stereocenters. The summed E-state index contributed by atoms with van der Waals surface area (Å²) in [6.07, 6.45) is 0. The maximum Gasteiger partial charge on any atom is 0.212 e. The van der Waals surface area contributed by atoms with Crippen LogP contribution in [0.3, 0.4) is 0 Å². The molecule has 3 rings (SSSR count). The smallest absolute Gasteiger partial charge is 0.212 e. The summed E-state index contributed by atoms with van der Waals surface area (Å²) in [5.74, 6) is 0.0503. The quantitative estimate of drug-likeness (QED) is 0.683. The molecule has 0 radical (unpaired) electrons. The highest BCUT2D eigenvalue weighted by molar-refractivity contribution is 7.91. The van der Waals surface area contributed by atoms with Crippen molar-refractivity contribution >= 4 is 32.9 Å². The first-order chi connectivity index (χ1) is 11.7. The molecule has 0 aliphatic carbocycles. The second-order valence-corrected chi connectivity index (χ2v) is 8.03. The molecule has 0 fully saturated rings. The maximum absolute atomic E-state index is 13.0. The molecule has 0 spiro atoms. The Hall–Kier alpha value is -2.51. The van der Waals surface area contributed by atoms with Gasteiger partial charge in [0.05, 0.1) is 27.0 Å². The van der Waals surface area contributed by atoms with Crippen molar-refractivity contribution in [2.45, 2.75) is 23.6 Å². The van der Waals surface area contributed by atoms with Crippen molar-refractivity contribution in [1.82, 2.24) is 9.78 Å². The van der Waals surface area contributed by atoms with Crippen molar-refractivity contribution < 1.29 is 8.42 Å². The summed E-state index contributed by atoms with van der Waals surface area (Å²) in [5, 5.41) is 4.47. The zero-order chi connectivity index (χ0) is 18.4. The molecule has 25 heavy (non-hydrogen) atoms. The molecule has 2 aromatic carbocycles. The van der Waals surface area contributed by atoms with Gasteiger partial charge in [-0.3, -0.25) is 0 Å². The molecule has 4 N–H and O–H groups in total. The molecular weight excluding hydrogens is 360 g/mol. The van der Waals surface area contributed by atoms with E-state index in [2.05, 4.69) is 5.10 Å². The van der Waals surface area contributed by atoms with Crippen molar-refractivity contribution in [2.75, 3.05) is 11.5 Å². The lowest BCUT2D eigenvalue weighted by Crippen LogP contribution is -2.08. The molecule has 0 unspecified atom stereocenters. The van der Waals surface area contributed by atoms with E-state index in [0.717, 1.165) is 5.56 Å². The highest BCUT2D eigenvalue weighted by atomic mass is 35.5. The summed E-state index contributed by atoms with van der Waals surface area (Å²) in [5.41, 5.74) is 14.2. The van der Waals surface area contributed by atoms with Gasteiger partial charge in [0.15, 0.2) is 0 Å². The molecule has 0 aliphatic rings. The maximum atomic E-state index is 13.0. The van der Waals surface area contributed by atoms with E-state index in [9.17, 15) is 8.42 Å². The van der Waals surface area contributed by atoms with Gasteiger partial charge >= 0.3 is 0 Å². The van der Waals surface area contributed by atoms with Crippen molar-refractivity contribution in [3.63, 3.8) is 0 Å². The van der Waals surface area contributed by atoms with E-state index >= 15 is 0 Å². The number of anilines is 2. The fraction of sp³-hybridized carbons (Fsp3) is 0.118. The third kappa shape index (κ3) is 2.96. The molecule has 0 bridgehead atoms. The number of sulfone groups is 1. The van der Waals surface area contributed by atoms with Gasteiger partial charge in [-0.05, 0) is 44.2 Å². The highest BCUT2D eigenvalue weighted by Gasteiger charge is 2.28. The van der Waals surface area contributed by atoms with Crippen LogP contribution in [0, 0.1) is 13.8 Å². The lowest BCUT2D eigenvalue weighted by atomic mass is 10.2. The van der Waals surface area contributed by atoms with Gasteiger partial charge in [-0.1, -0.05) is 29.3 Å². The van der Waals surface area contributed by atoms with Gasteiger partial charge in [0.25, 0.3) is 0 Å². The number of hydrogen-bond acceptors (Lipinski definition) is 5. The Balaban J connectivity index is 2.17. The fourth-order valence-corrected chi connectivity index (χ4v) is 4.33. The monoisotopic (exact) mass is 376 g/mol. The second-order valence-electron chi connectivity index (χ2n) is 5.73. The van der Waals surface area contributed by atoms with E-state index in [1.807, 2.05) is 31.2 Å². The van der Waals surface area contributed by atoms with Crippen LogP contribution in [-0.4, -0.2) is 18.2 Å². The van der Waals surface area contributed by atoms with Crippen molar-refractivity contribution in [3.05, 3.63) is 58.7 Å². The van der Waals surface area contributed by atoms with Crippen LogP contribution in [0.1, 0.15) is 11.3 Å². The number of nitrogens with zero attached hydrogens (tertiary/aromatic N) is 2. The number of aromatic nitrogens is 2. The summed E-state index contributed by atoms with van der Waals surface area (Å²) in [6, 6.07) is 11.6. The Bertz CT molecular complexity index is 1060. The number of aryl methyl sites for hydroxylation is 2. The van der Waals surface area contributed by atoms with Crippen LogP contribution in [0.2, 0.25) is 5.02 Å². The van der Waals surface area contributed by atoms with Gasteiger partial charge in [-0.25, -0.2) is 13.1 Å². The lowest BCUT2D eigenvalue weighted by molar-refractivity contribution is 0.596. The van der Waals surface area contributed by atoms with Gasteiger partial charge in [0.2, 0.25) is 9.84 Å². The molecule has 0 aliphatic heterocycles. The number of nitrogens with two attached hydrogens (primary N) is 2. The summed E-state index contributed by atoms with van der Waals surface area (Å²) < 4.78 is 27.4. The number of nitrogen functional groups attached to an aromatic ring is 2. The van der Waals surface area contributed by atoms with Gasteiger partial charge in [0, 0.05) is 0 Å². The first-order valence-electron chi connectivity index (χ1n) is 7.44. The predicted octanol–water partition coefficient (Wildman–Crippen LogP) is 3.14. The molecule has 1 heterocycles. The predicted molar refractivity (Wildman–Crippen MR) is 98.8 cm³/mol. The third-order valence-corrected chi connectivity index (χ3v) is 6.11. The van der Waals surface area contributed by atoms with Gasteiger partial charge in [-0.15, -0.1) is 0 Å². The van der Waals surface area contributed by atoms with Gasteiger partial charge in [-0.2, -0.15) is 5.10 Å². The van der Waals surface area contributed by atoms with E-state index in [-0.39, 0.29) is 20.6 Å². The number of halogens is 1. The number of benzene rings is 2. The minimum atomic E-state index is -3.88. The molecule has 0 amide bonds. The van der Waals surface area contributed by atoms with E-state index in [1.165, 1.54) is 22.9 Å². The molecule has 3 aromatic rings. The summed E-state index contributed by atoms with van der Waals surface area (Å²) in [4.78, 5) is -0.0149. The standard InChI is InChI=1S/C17H17ClN4O2S/c1-10-3-5-12(6-4-10)22-17(20)16(11(2)21-22)25(23,24)13-7-8-15(19)14(18)9-13/h3-9H,19-20H2,1-2H3. The molecule has 1 aromatic heterocycles.